The molecule has 0 saturated carbocycles. The summed E-state index contributed by atoms with van der Waals surface area (Å²) in [6.07, 6.45) is 5.83. The van der Waals surface area contributed by atoms with E-state index >= 15 is 0 Å². The maximum Gasteiger partial charge on any atom is 0.246 e. The van der Waals surface area contributed by atoms with Crippen LogP contribution in [0.5, 0.6) is 0 Å². The van der Waals surface area contributed by atoms with E-state index in [0.717, 1.165) is 0 Å². The van der Waals surface area contributed by atoms with Gasteiger partial charge in [-0.1, -0.05) is 11.6 Å². The van der Waals surface area contributed by atoms with Crippen molar-refractivity contribution in [2.24, 2.45) is 7.05 Å². The van der Waals surface area contributed by atoms with E-state index < -0.39 is 10.0 Å². The van der Waals surface area contributed by atoms with Crippen molar-refractivity contribution in [2.75, 3.05) is 26.2 Å². The first-order valence-corrected chi connectivity index (χ1v) is 9.12. The molecular formula is C13H17ClN6O3S. The number of aromatic nitrogens is 4. The fraction of sp³-hybridized carbons (Fsp3) is 0.462. The molecule has 0 aliphatic carbocycles. The van der Waals surface area contributed by atoms with Crippen molar-refractivity contribution in [3.63, 3.8) is 0 Å². The zero-order chi connectivity index (χ0) is 17.3. The van der Waals surface area contributed by atoms with Gasteiger partial charge in [0.2, 0.25) is 15.9 Å². The van der Waals surface area contributed by atoms with Crippen LogP contribution in [-0.2, 0) is 28.4 Å². The second-order valence-corrected chi connectivity index (χ2v) is 7.87. The standard InChI is InChI=1S/C13H17ClN6O3S/c1-17-9-12(7-15-17)24(22,23)20-4-2-18(3-5-20)13(21)10-19-8-11(14)6-16-19/h6-9H,2-5,10H2,1H3. The summed E-state index contributed by atoms with van der Waals surface area (Å²) in [5.74, 6) is -0.117. The Hall–Kier alpha value is -1.91. The second kappa shape index (κ2) is 6.54. The molecule has 11 heteroatoms. The fourth-order valence-electron chi connectivity index (χ4n) is 2.52. The van der Waals surface area contributed by atoms with Gasteiger partial charge < -0.3 is 4.90 Å². The van der Waals surface area contributed by atoms with E-state index in [1.165, 1.54) is 32.3 Å². The van der Waals surface area contributed by atoms with Gasteiger partial charge in [0.05, 0.1) is 17.4 Å². The van der Waals surface area contributed by atoms with Gasteiger partial charge in [-0.2, -0.15) is 14.5 Å². The van der Waals surface area contributed by atoms with Crippen LogP contribution in [0.4, 0.5) is 0 Å². The van der Waals surface area contributed by atoms with E-state index in [2.05, 4.69) is 10.2 Å². The van der Waals surface area contributed by atoms with Gasteiger partial charge in [-0.15, -0.1) is 0 Å². The number of sulfonamides is 1. The van der Waals surface area contributed by atoms with Crippen LogP contribution in [0.2, 0.25) is 5.02 Å². The van der Waals surface area contributed by atoms with Gasteiger partial charge in [0, 0.05) is 45.6 Å². The topological polar surface area (TPSA) is 93.3 Å². The van der Waals surface area contributed by atoms with Gasteiger partial charge in [-0.25, -0.2) is 8.42 Å². The molecule has 0 bridgehead atoms. The Balaban J connectivity index is 1.60. The monoisotopic (exact) mass is 372 g/mol. The minimum absolute atomic E-state index is 0.0854. The molecule has 1 amide bonds. The summed E-state index contributed by atoms with van der Waals surface area (Å²) in [6, 6.07) is 0. The minimum Gasteiger partial charge on any atom is -0.338 e. The van der Waals surface area contributed by atoms with Gasteiger partial charge in [0.15, 0.2) is 0 Å². The Morgan fingerprint density at radius 1 is 1.17 bits per heavy atom. The third-order valence-electron chi connectivity index (χ3n) is 3.81. The Labute approximate surface area is 144 Å². The lowest BCUT2D eigenvalue weighted by Gasteiger charge is -2.33. The quantitative estimate of drug-likeness (QED) is 0.741. The van der Waals surface area contributed by atoms with Crippen molar-refractivity contribution < 1.29 is 13.2 Å². The Kier molecular flexibility index (Phi) is 4.61. The average molecular weight is 373 g/mol. The fourth-order valence-corrected chi connectivity index (χ4v) is 4.09. The number of rotatable bonds is 4. The van der Waals surface area contributed by atoms with Gasteiger partial charge in [-0.05, 0) is 0 Å². The van der Waals surface area contributed by atoms with Gasteiger partial charge in [0.1, 0.15) is 11.4 Å². The molecule has 2 aromatic heterocycles. The molecule has 3 heterocycles. The summed E-state index contributed by atoms with van der Waals surface area (Å²) < 4.78 is 29.3. The third kappa shape index (κ3) is 3.45. The molecule has 0 unspecified atom stereocenters. The molecule has 130 valence electrons. The van der Waals surface area contributed by atoms with Gasteiger partial charge in [-0.3, -0.25) is 14.2 Å². The van der Waals surface area contributed by atoms with Crippen LogP contribution in [0.15, 0.2) is 29.7 Å². The first-order chi connectivity index (χ1) is 11.4. The predicted molar refractivity (Wildman–Crippen MR) is 85.8 cm³/mol. The Bertz CT molecular complexity index is 838. The third-order valence-corrected chi connectivity index (χ3v) is 5.86. The summed E-state index contributed by atoms with van der Waals surface area (Å²) in [7, 11) is -1.90. The Morgan fingerprint density at radius 3 is 2.42 bits per heavy atom. The van der Waals surface area contributed by atoms with Crippen LogP contribution in [0.3, 0.4) is 0 Å². The van der Waals surface area contributed by atoms with Crippen molar-refractivity contribution in [1.82, 2.24) is 28.8 Å². The Morgan fingerprint density at radius 2 is 1.88 bits per heavy atom. The number of carbonyl (C=O) groups excluding carboxylic acids is 1. The van der Waals surface area contributed by atoms with Gasteiger partial charge >= 0.3 is 0 Å². The van der Waals surface area contributed by atoms with E-state index in [4.69, 9.17) is 11.6 Å². The maximum absolute atomic E-state index is 12.5. The van der Waals surface area contributed by atoms with Crippen LogP contribution < -0.4 is 0 Å². The SMILES string of the molecule is Cn1cc(S(=O)(=O)N2CCN(C(=O)Cn3cc(Cl)cn3)CC2)cn1. The molecule has 3 rings (SSSR count). The number of aryl methyl sites for hydroxylation is 1. The molecule has 9 nitrogen and oxygen atoms in total. The van der Waals surface area contributed by atoms with Crippen molar-refractivity contribution in [1.29, 1.82) is 0 Å². The first-order valence-electron chi connectivity index (χ1n) is 7.31. The molecule has 1 aliphatic rings. The van der Waals surface area contributed by atoms with Crippen LogP contribution in [-0.4, -0.2) is 69.3 Å². The van der Waals surface area contributed by atoms with Crippen molar-refractivity contribution in [2.45, 2.75) is 11.4 Å². The minimum atomic E-state index is -3.57. The molecule has 0 atom stereocenters. The van der Waals surface area contributed by atoms with Crippen LogP contribution in [0.1, 0.15) is 0 Å². The highest BCUT2D eigenvalue weighted by Crippen LogP contribution is 2.17. The zero-order valence-corrected chi connectivity index (χ0v) is 14.6. The van der Waals surface area contributed by atoms with Gasteiger partial charge in [0.25, 0.3) is 0 Å². The number of hydrogen-bond donors (Lipinski definition) is 0. The van der Waals surface area contributed by atoms with E-state index in [1.54, 1.807) is 18.1 Å². The molecule has 0 N–H and O–H groups in total. The molecular weight excluding hydrogens is 356 g/mol. The molecule has 1 fully saturated rings. The summed E-state index contributed by atoms with van der Waals surface area (Å²) in [5.41, 5.74) is 0. The summed E-state index contributed by atoms with van der Waals surface area (Å²) in [5, 5.41) is 8.33. The molecule has 0 aromatic carbocycles. The number of piperazine rings is 1. The molecule has 1 saturated heterocycles. The van der Waals surface area contributed by atoms with E-state index in [-0.39, 0.29) is 30.4 Å². The number of carbonyl (C=O) groups is 1. The summed E-state index contributed by atoms with van der Waals surface area (Å²) in [6.45, 7) is 1.27. The summed E-state index contributed by atoms with van der Waals surface area (Å²) >= 11 is 5.77. The van der Waals surface area contributed by atoms with Crippen molar-refractivity contribution in [3.05, 3.63) is 29.8 Å². The zero-order valence-electron chi connectivity index (χ0n) is 13.0. The molecule has 2 aromatic rings. The summed E-state index contributed by atoms with van der Waals surface area (Å²) in [4.78, 5) is 14.0. The normalized spacial score (nSPS) is 16.5. The van der Waals surface area contributed by atoms with Crippen LogP contribution >= 0.6 is 11.6 Å². The number of nitrogens with zero attached hydrogens (tertiary/aromatic N) is 6. The molecule has 1 aliphatic heterocycles. The maximum atomic E-state index is 12.5. The first kappa shape index (κ1) is 16.9. The van der Waals surface area contributed by atoms with Crippen molar-refractivity contribution >= 4 is 27.5 Å². The van der Waals surface area contributed by atoms with E-state index in [1.807, 2.05) is 0 Å². The van der Waals surface area contributed by atoms with E-state index in [0.29, 0.717) is 18.1 Å². The largest absolute Gasteiger partial charge is 0.338 e. The highest BCUT2D eigenvalue weighted by Gasteiger charge is 2.30. The highest BCUT2D eigenvalue weighted by molar-refractivity contribution is 7.89. The van der Waals surface area contributed by atoms with Crippen LogP contribution in [0.25, 0.3) is 0 Å². The molecule has 24 heavy (non-hydrogen) atoms. The smallest absolute Gasteiger partial charge is 0.246 e. The average Bonchev–Trinajstić information content (AvgIpc) is 3.16. The number of hydrogen-bond acceptors (Lipinski definition) is 5. The number of halogens is 1. The number of amides is 1. The lowest BCUT2D eigenvalue weighted by Crippen LogP contribution is -2.51. The lowest BCUT2D eigenvalue weighted by atomic mass is 10.3. The van der Waals surface area contributed by atoms with Crippen molar-refractivity contribution in [3.8, 4) is 0 Å². The highest BCUT2D eigenvalue weighted by atomic mass is 35.5. The van der Waals surface area contributed by atoms with E-state index in [9.17, 15) is 13.2 Å². The molecule has 0 spiro atoms. The predicted octanol–water partition coefficient (Wildman–Crippen LogP) is -0.197. The van der Waals surface area contributed by atoms with Crippen LogP contribution in [0, 0.1) is 0 Å². The second-order valence-electron chi connectivity index (χ2n) is 5.49. The lowest BCUT2D eigenvalue weighted by molar-refractivity contribution is -0.133. The molecule has 0 radical (unpaired) electrons.